The summed E-state index contributed by atoms with van der Waals surface area (Å²) in [4.78, 5) is 10.7. The van der Waals surface area contributed by atoms with Crippen LogP contribution in [0.15, 0.2) is 53.0 Å². The van der Waals surface area contributed by atoms with Gasteiger partial charge < -0.3 is 9.90 Å². The molecule has 0 aromatic heterocycles. The third-order valence-corrected chi connectivity index (χ3v) is 3.48. The van der Waals surface area contributed by atoms with Gasteiger partial charge in [0.2, 0.25) is 0 Å². The zero-order valence-electron chi connectivity index (χ0n) is 10.3. The molecule has 0 saturated carbocycles. The maximum atomic E-state index is 10.7. The van der Waals surface area contributed by atoms with Gasteiger partial charge in [-0.2, -0.15) is 5.26 Å². The molecule has 0 aliphatic rings. The number of hydrogen-bond donors (Lipinski definition) is 0. The summed E-state index contributed by atoms with van der Waals surface area (Å²) in [5, 5.41) is 19.9. The summed E-state index contributed by atoms with van der Waals surface area (Å²) in [5.41, 5.74) is 2.09. The summed E-state index contributed by atoms with van der Waals surface area (Å²) in [7, 11) is 0. The molecule has 0 amide bonds. The number of benzene rings is 2. The van der Waals surface area contributed by atoms with Gasteiger partial charge in [0, 0.05) is 4.47 Å². The molecule has 0 bridgehead atoms. The number of carbonyl (C=O) groups is 1. The molecule has 2 rings (SSSR count). The number of carbonyl (C=O) groups excluding carboxylic acids is 1. The van der Waals surface area contributed by atoms with Crippen LogP contribution in [0, 0.1) is 11.3 Å². The Hall–Kier alpha value is -2.38. The Balaban J connectivity index is 2.41. The van der Waals surface area contributed by atoms with E-state index in [1.807, 2.05) is 24.3 Å². The Bertz CT molecular complexity index is 712. The lowest BCUT2D eigenvalue weighted by Crippen LogP contribution is -2.21. The zero-order valence-corrected chi connectivity index (χ0v) is 11.9. The van der Waals surface area contributed by atoms with Crippen molar-refractivity contribution < 1.29 is 9.90 Å². The van der Waals surface area contributed by atoms with Gasteiger partial charge in [-0.05, 0) is 28.8 Å². The highest BCUT2D eigenvalue weighted by atomic mass is 79.9. The third kappa shape index (κ3) is 3.14. The summed E-state index contributed by atoms with van der Waals surface area (Å²) in [6, 6.07) is 15.7. The van der Waals surface area contributed by atoms with Crippen molar-refractivity contribution in [2.45, 2.75) is 0 Å². The van der Waals surface area contributed by atoms with Crippen LogP contribution < -0.4 is 5.11 Å². The van der Waals surface area contributed by atoms with Gasteiger partial charge in [-0.1, -0.05) is 58.4 Å². The summed E-state index contributed by atoms with van der Waals surface area (Å²) in [6.07, 6.45) is 1.75. The zero-order chi connectivity index (χ0) is 14.5. The fourth-order valence-corrected chi connectivity index (χ4v) is 2.11. The standard InChI is InChI=1S/C16H10BrNO2/c17-15-4-2-1-3-13(15)9-14(10-18)11-5-7-12(8-6-11)16(19)20/h1-9H,(H,19,20)/p-1/b14-9+. The van der Waals surface area contributed by atoms with Crippen molar-refractivity contribution in [3.05, 3.63) is 69.7 Å². The molecule has 2 aromatic carbocycles. The monoisotopic (exact) mass is 326 g/mol. The molecule has 98 valence electrons. The molecule has 2 aromatic rings. The van der Waals surface area contributed by atoms with Crippen molar-refractivity contribution in [1.82, 2.24) is 0 Å². The first-order valence-corrected chi connectivity index (χ1v) is 6.59. The Morgan fingerprint density at radius 2 is 1.70 bits per heavy atom. The number of aromatic carboxylic acids is 1. The number of nitriles is 1. The maximum absolute atomic E-state index is 10.7. The molecule has 0 fully saturated rings. The van der Waals surface area contributed by atoms with Crippen LogP contribution in [0.2, 0.25) is 0 Å². The lowest BCUT2D eigenvalue weighted by Gasteiger charge is -2.04. The highest BCUT2D eigenvalue weighted by Gasteiger charge is 2.03. The van der Waals surface area contributed by atoms with E-state index in [0.29, 0.717) is 11.1 Å². The molecule has 3 nitrogen and oxygen atoms in total. The lowest BCUT2D eigenvalue weighted by molar-refractivity contribution is -0.255. The summed E-state index contributed by atoms with van der Waals surface area (Å²) in [5.74, 6) is -1.23. The SMILES string of the molecule is N#C/C(=C\c1ccccc1Br)c1ccc(C(=O)[O-])cc1. The summed E-state index contributed by atoms with van der Waals surface area (Å²) >= 11 is 3.42. The fraction of sp³-hybridized carbons (Fsp3) is 0. The second-order valence-corrected chi connectivity index (χ2v) is 4.91. The molecule has 0 atom stereocenters. The first-order chi connectivity index (χ1) is 9.61. The van der Waals surface area contributed by atoms with Crippen LogP contribution in [0.3, 0.4) is 0 Å². The maximum Gasteiger partial charge on any atom is 0.0998 e. The number of halogens is 1. The topological polar surface area (TPSA) is 63.9 Å². The number of nitrogens with zero attached hydrogens (tertiary/aromatic N) is 1. The van der Waals surface area contributed by atoms with Gasteiger partial charge in [0.1, 0.15) is 0 Å². The van der Waals surface area contributed by atoms with Crippen LogP contribution in [0.1, 0.15) is 21.5 Å². The molecule has 4 heteroatoms. The quantitative estimate of drug-likeness (QED) is 0.643. The van der Waals surface area contributed by atoms with Crippen LogP contribution in [-0.2, 0) is 0 Å². The first kappa shape index (κ1) is 14.0. The lowest BCUT2D eigenvalue weighted by atomic mass is 10.0. The second-order valence-electron chi connectivity index (χ2n) is 4.06. The van der Waals surface area contributed by atoms with Crippen molar-refractivity contribution >= 4 is 33.5 Å². The predicted molar refractivity (Wildman–Crippen MR) is 78.4 cm³/mol. The second kappa shape index (κ2) is 6.18. The average Bonchev–Trinajstić information content (AvgIpc) is 2.46. The molecule has 0 saturated heterocycles. The Morgan fingerprint density at radius 1 is 1.10 bits per heavy atom. The molecular weight excluding hydrogens is 318 g/mol. The smallest absolute Gasteiger partial charge is 0.0998 e. The highest BCUT2D eigenvalue weighted by Crippen LogP contribution is 2.23. The molecule has 0 aliphatic carbocycles. The van der Waals surface area contributed by atoms with Crippen LogP contribution in [0.5, 0.6) is 0 Å². The molecule has 0 spiro atoms. The molecule has 0 unspecified atom stereocenters. The van der Waals surface area contributed by atoms with Crippen LogP contribution in [0.25, 0.3) is 11.6 Å². The van der Waals surface area contributed by atoms with Crippen molar-refractivity contribution in [3.8, 4) is 6.07 Å². The number of rotatable bonds is 3. The average molecular weight is 327 g/mol. The minimum atomic E-state index is -1.23. The van der Waals surface area contributed by atoms with E-state index >= 15 is 0 Å². The number of carboxylic acids is 1. The van der Waals surface area contributed by atoms with Gasteiger partial charge in [0.25, 0.3) is 0 Å². The number of hydrogen-bond acceptors (Lipinski definition) is 3. The van der Waals surface area contributed by atoms with Gasteiger partial charge in [0.15, 0.2) is 0 Å². The van der Waals surface area contributed by atoms with E-state index in [-0.39, 0.29) is 5.56 Å². The fourth-order valence-electron chi connectivity index (χ4n) is 1.71. The number of carboxylic acid groups (broad SMARTS) is 1. The number of allylic oxidation sites excluding steroid dienone is 1. The van der Waals surface area contributed by atoms with Crippen molar-refractivity contribution in [2.75, 3.05) is 0 Å². The normalized spacial score (nSPS) is 10.9. The van der Waals surface area contributed by atoms with Crippen molar-refractivity contribution in [2.24, 2.45) is 0 Å². The van der Waals surface area contributed by atoms with Gasteiger partial charge in [-0.15, -0.1) is 0 Å². The van der Waals surface area contributed by atoms with Crippen LogP contribution >= 0.6 is 15.9 Å². The van der Waals surface area contributed by atoms with E-state index in [4.69, 9.17) is 0 Å². The highest BCUT2D eigenvalue weighted by molar-refractivity contribution is 9.10. The first-order valence-electron chi connectivity index (χ1n) is 5.80. The molecular formula is C16H9BrNO2-. The Morgan fingerprint density at radius 3 is 2.25 bits per heavy atom. The predicted octanol–water partition coefficient (Wildman–Crippen LogP) is 2.88. The van der Waals surface area contributed by atoms with Gasteiger partial charge in [-0.3, -0.25) is 0 Å². The molecule has 20 heavy (non-hydrogen) atoms. The van der Waals surface area contributed by atoms with Crippen molar-refractivity contribution in [3.63, 3.8) is 0 Å². The largest absolute Gasteiger partial charge is 0.545 e. The Kier molecular flexibility index (Phi) is 4.34. The minimum absolute atomic E-state index is 0.0898. The Labute approximate surface area is 124 Å². The minimum Gasteiger partial charge on any atom is -0.545 e. The van der Waals surface area contributed by atoms with Crippen LogP contribution in [-0.4, -0.2) is 5.97 Å². The molecule has 0 N–H and O–H groups in total. The van der Waals surface area contributed by atoms with E-state index in [1.165, 1.54) is 12.1 Å². The third-order valence-electron chi connectivity index (χ3n) is 2.76. The van der Waals surface area contributed by atoms with E-state index < -0.39 is 5.97 Å². The van der Waals surface area contributed by atoms with E-state index in [1.54, 1.807) is 18.2 Å². The molecule has 0 aliphatic heterocycles. The molecule has 0 heterocycles. The summed E-state index contributed by atoms with van der Waals surface area (Å²) < 4.78 is 0.888. The summed E-state index contributed by atoms with van der Waals surface area (Å²) in [6.45, 7) is 0. The molecule has 0 radical (unpaired) electrons. The van der Waals surface area contributed by atoms with Gasteiger partial charge in [-0.25, -0.2) is 0 Å². The van der Waals surface area contributed by atoms with Crippen LogP contribution in [0.4, 0.5) is 0 Å². The van der Waals surface area contributed by atoms with Gasteiger partial charge in [0.05, 0.1) is 17.6 Å². The van der Waals surface area contributed by atoms with E-state index in [9.17, 15) is 15.2 Å². The van der Waals surface area contributed by atoms with E-state index in [2.05, 4.69) is 22.0 Å². The van der Waals surface area contributed by atoms with Crippen molar-refractivity contribution in [1.29, 1.82) is 5.26 Å². The van der Waals surface area contributed by atoms with E-state index in [0.717, 1.165) is 10.0 Å². The van der Waals surface area contributed by atoms with Gasteiger partial charge >= 0.3 is 0 Å².